The highest BCUT2D eigenvalue weighted by Crippen LogP contribution is 2.22. The molecule has 0 radical (unpaired) electrons. The van der Waals surface area contributed by atoms with Gasteiger partial charge in [-0.05, 0) is 37.3 Å². The monoisotopic (exact) mass is 303 g/mol. The Labute approximate surface area is 115 Å². The van der Waals surface area contributed by atoms with E-state index >= 15 is 0 Å². The summed E-state index contributed by atoms with van der Waals surface area (Å²) < 4.78 is 6.30. The fourth-order valence-corrected chi connectivity index (χ4v) is 1.96. The lowest BCUT2D eigenvalue weighted by Crippen LogP contribution is -1.90. The zero-order chi connectivity index (χ0) is 13.0. The molecule has 0 amide bonds. The lowest BCUT2D eigenvalue weighted by Gasteiger charge is -2.04. The van der Waals surface area contributed by atoms with Crippen LogP contribution in [0.2, 0.25) is 0 Å². The van der Waals surface area contributed by atoms with Crippen molar-refractivity contribution in [2.24, 2.45) is 4.99 Å². The standard InChI is InChI=1S/C15H14BrNO/c1-11-3-6-14(7-4-11)17-10-12-9-13(16)5-8-15(12)18-2/h3-10H,1-2H3. The van der Waals surface area contributed by atoms with Crippen LogP contribution >= 0.6 is 15.9 Å². The summed E-state index contributed by atoms with van der Waals surface area (Å²) in [6.45, 7) is 2.06. The molecular formula is C15H14BrNO. The Morgan fingerprint density at radius 1 is 1.11 bits per heavy atom. The number of nitrogens with zero attached hydrogens (tertiary/aromatic N) is 1. The number of aliphatic imine (C=N–C) groups is 1. The van der Waals surface area contributed by atoms with Crippen molar-refractivity contribution < 1.29 is 4.74 Å². The van der Waals surface area contributed by atoms with Crippen molar-refractivity contribution in [1.29, 1.82) is 0 Å². The van der Waals surface area contributed by atoms with Gasteiger partial charge in [-0.25, -0.2) is 0 Å². The fraction of sp³-hybridized carbons (Fsp3) is 0.133. The number of ether oxygens (including phenoxy) is 1. The van der Waals surface area contributed by atoms with Crippen molar-refractivity contribution in [2.45, 2.75) is 6.92 Å². The Balaban J connectivity index is 2.27. The third-order valence-electron chi connectivity index (χ3n) is 2.58. The third-order valence-corrected chi connectivity index (χ3v) is 3.07. The number of hydrogen-bond donors (Lipinski definition) is 0. The first-order valence-corrected chi connectivity index (χ1v) is 6.42. The molecule has 0 aliphatic rings. The molecule has 0 saturated carbocycles. The van der Waals surface area contributed by atoms with Crippen LogP contribution < -0.4 is 4.74 Å². The molecule has 0 unspecified atom stereocenters. The number of hydrogen-bond acceptors (Lipinski definition) is 2. The normalized spacial score (nSPS) is 10.8. The predicted octanol–water partition coefficient (Wildman–Crippen LogP) is 4.52. The van der Waals surface area contributed by atoms with E-state index in [-0.39, 0.29) is 0 Å². The number of rotatable bonds is 3. The van der Waals surface area contributed by atoms with Gasteiger partial charge in [0.15, 0.2) is 0 Å². The van der Waals surface area contributed by atoms with Crippen LogP contribution in [0.15, 0.2) is 51.9 Å². The highest BCUT2D eigenvalue weighted by atomic mass is 79.9. The van der Waals surface area contributed by atoms with Crippen molar-refractivity contribution >= 4 is 27.8 Å². The fourth-order valence-electron chi connectivity index (χ4n) is 1.58. The van der Waals surface area contributed by atoms with Crippen LogP contribution in [-0.2, 0) is 0 Å². The Morgan fingerprint density at radius 3 is 2.50 bits per heavy atom. The highest BCUT2D eigenvalue weighted by Gasteiger charge is 2.00. The lowest BCUT2D eigenvalue weighted by molar-refractivity contribution is 0.414. The van der Waals surface area contributed by atoms with Gasteiger partial charge in [-0.2, -0.15) is 0 Å². The Kier molecular flexibility index (Phi) is 4.15. The third kappa shape index (κ3) is 3.20. The van der Waals surface area contributed by atoms with Gasteiger partial charge >= 0.3 is 0 Å². The van der Waals surface area contributed by atoms with Gasteiger partial charge in [-0.3, -0.25) is 4.99 Å². The summed E-state index contributed by atoms with van der Waals surface area (Å²) in [5, 5.41) is 0. The smallest absolute Gasteiger partial charge is 0.127 e. The van der Waals surface area contributed by atoms with Crippen molar-refractivity contribution in [2.75, 3.05) is 7.11 Å². The quantitative estimate of drug-likeness (QED) is 0.764. The Bertz CT molecular complexity index is 561. The van der Waals surface area contributed by atoms with Crippen molar-refractivity contribution in [3.8, 4) is 5.75 Å². The Hall–Kier alpha value is -1.61. The van der Waals surface area contributed by atoms with Crippen molar-refractivity contribution in [1.82, 2.24) is 0 Å². The first-order valence-electron chi connectivity index (χ1n) is 5.63. The minimum absolute atomic E-state index is 0.814. The molecule has 2 aromatic rings. The second-order valence-electron chi connectivity index (χ2n) is 3.98. The van der Waals surface area contributed by atoms with E-state index in [1.54, 1.807) is 7.11 Å². The molecule has 0 aliphatic heterocycles. The summed E-state index contributed by atoms with van der Waals surface area (Å²) in [6.07, 6.45) is 1.81. The van der Waals surface area contributed by atoms with E-state index in [1.807, 2.05) is 48.7 Å². The molecule has 3 heteroatoms. The average Bonchev–Trinajstić information content (AvgIpc) is 2.38. The molecule has 0 fully saturated rings. The maximum absolute atomic E-state index is 5.30. The van der Waals surface area contributed by atoms with Crippen molar-refractivity contribution in [3.05, 3.63) is 58.1 Å². The predicted molar refractivity (Wildman–Crippen MR) is 79.1 cm³/mol. The summed E-state index contributed by atoms with van der Waals surface area (Å²) in [5.74, 6) is 0.814. The number of aryl methyl sites for hydroxylation is 1. The first kappa shape index (κ1) is 12.8. The van der Waals surface area contributed by atoms with Crippen LogP contribution in [0, 0.1) is 6.92 Å². The van der Waals surface area contributed by atoms with Crippen LogP contribution in [-0.4, -0.2) is 13.3 Å². The molecule has 0 aromatic heterocycles. The molecule has 0 saturated heterocycles. The molecule has 0 heterocycles. The van der Waals surface area contributed by atoms with Crippen LogP contribution in [0.25, 0.3) is 0 Å². The van der Waals surface area contributed by atoms with Gasteiger partial charge in [0.05, 0.1) is 12.8 Å². The molecule has 92 valence electrons. The molecule has 2 nitrogen and oxygen atoms in total. The molecule has 0 atom stereocenters. The SMILES string of the molecule is COc1ccc(Br)cc1C=Nc1ccc(C)cc1. The van der Waals surface area contributed by atoms with E-state index in [0.717, 1.165) is 21.5 Å². The zero-order valence-electron chi connectivity index (χ0n) is 10.4. The van der Waals surface area contributed by atoms with Gasteiger partial charge in [0, 0.05) is 16.3 Å². The molecule has 18 heavy (non-hydrogen) atoms. The maximum Gasteiger partial charge on any atom is 0.127 e. The first-order chi connectivity index (χ1) is 8.69. The van der Waals surface area contributed by atoms with Crippen LogP contribution in [0.3, 0.4) is 0 Å². The number of benzene rings is 2. The molecule has 2 aromatic carbocycles. The van der Waals surface area contributed by atoms with Crippen LogP contribution in [0.1, 0.15) is 11.1 Å². The summed E-state index contributed by atoms with van der Waals surface area (Å²) in [7, 11) is 1.66. The highest BCUT2D eigenvalue weighted by molar-refractivity contribution is 9.10. The second kappa shape index (κ2) is 5.83. The minimum Gasteiger partial charge on any atom is -0.496 e. The zero-order valence-corrected chi connectivity index (χ0v) is 11.9. The van der Waals surface area contributed by atoms with Crippen LogP contribution in [0.5, 0.6) is 5.75 Å². The molecule has 0 spiro atoms. The topological polar surface area (TPSA) is 21.6 Å². The van der Waals surface area contributed by atoms with Crippen LogP contribution in [0.4, 0.5) is 5.69 Å². The summed E-state index contributed by atoms with van der Waals surface area (Å²) in [5.41, 5.74) is 3.11. The molecule has 0 aliphatic carbocycles. The van der Waals surface area contributed by atoms with Gasteiger partial charge in [-0.15, -0.1) is 0 Å². The molecule has 2 rings (SSSR count). The van der Waals surface area contributed by atoms with Crippen molar-refractivity contribution in [3.63, 3.8) is 0 Å². The van der Waals surface area contributed by atoms with Gasteiger partial charge in [-0.1, -0.05) is 33.6 Å². The molecular weight excluding hydrogens is 290 g/mol. The van der Waals surface area contributed by atoms with Gasteiger partial charge in [0.25, 0.3) is 0 Å². The molecule has 0 bridgehead atoms. The van der Waals surface area contributed by atoms with E-state index < -0.39 is 0 Å². The summed E-state index contributed by atoms with van der Waals surface area (Å²) in [6, 6.07) is 13.9. The van der Waals surface area contributed by atoms with E-state index in [9.17, 15) is 0 Å². The largest absolute Gasteiger partial charge is 0.496 e. The number of halogens is 1. The Morgan fingerprint density at radius 2 is 1.83 bits per heavy atom. The lowest BCUT2D eigenvalue weighted by atomic mass is 10.2. The van der Waals surface area contributed by atoms with E-state index in [1.165, 1.54) is 5.56 Å². The number of methoxy groups -OCH3 is 1. The van der Waals surface area contributed by atoms with E-state index in [2.05, 4.69) is 27.8 Å². The maximum atomic E-state index is 5.30. The molecule has 0 N–H and O–H groups in total. The summed E-state index contributed by atoms with van der Waals surface area (Å²) in [4.78, 5) is 4.44. The van der Waals surface area contributed by atoms with Gasteiger partial charge < -0.3 is 4.74 Å². The van der Waals surface area contributed by atoms with E-state index in [0.29, 0.717) is 0 Å². The van der Waals surface area contributed by atoms with E-state index in [4.69, 9.17) is 4.74 Å². The second-order valence-corrected chi connectivity index (χ2v) is 4.90. The van der Waals surface area contributed by atoms with Gasteiger partial charge in [0.1, 0.15) is 5.75 Å². The minimum atomic E-state index is 0.814. The average molecular weight is 304 g/mol. The summed E-state index contributed by atoms with van der Waals surface area (Å²) >= 11 is 3.44. The van der Waals surface area contributed by atoms with Gasteiger partial charge in [0.2, 0.25) is 0 Å².